The highest BCUT2D eigenvalue weighted by Gasteiger charge is 2.18. The minimum absolute atomic E-state index is 0.551. The fraction of sp³-hybridized carbons (Fsp3) is 0.429. The Kier molecular flexibility index (Phi) is 3.94. The molecule has 1 fully saturated rings. The molecule has 1 aliphatic heterocycles. The quantitative estimate of drug-likeness (QED) is 0.898. The Balaban J connectivity index is 1.86. The van der Waals surface area contributed by atoms with Crippen LogP contribution in [0, 0.1) is 0 Å². The average Bonchev–Trinajstić information content (AvgIpc) is 2.99. The maximum Gasteiger partial charge on any atom is 0.266 e. The van der Waals surface area contributed by atoms with Crippen LogP contribution in [0.15, 0.2) is 28.8 Å². The van der Waals surface area contributed by atoms with Gasteiger partial charge < -0.3 is 19.9 Å². The van der Waals surface area contributed by atoms with Gasteiger partial charge in [0.15, 0.2) is 0 Å². The second kappa shape index (κ2) is 6.02. The van der Waals surface area contributed by atoms with Crippen molar-refractivity contribution in [3.05, 3.63) is 29.8 Å². The van der Waals surface area contributed by atoms with Crippen molar-refractivity contribution in [3.8, 4) is 11.5 Å². The van der Waals surface area contributed by atoms with Crippen LogP contribution in [0.5, 0.6) is 0 Å². The molecule has 0 bridgehead atoms. The lowest BCUT2D eigenvalue weighted by Crippen LogP contribution is -2.36. The van der Waals surface area contributed by atoms with E-state index in [9.17, 15) is 0 Å². The number of nitrogens with zero attached hydrogens (tertiary/aromatic N) is 3. The van der Waals surface area contributed by atoms with Crippen LogP contribution < -0.4 is 10.6 Å². The zero-order valence-corrected chi connectivity index (χ0v) is 11.3. The number of aromatic nitrogens is 2. The minimum Gasteiger partial charge on any atom is -0.378 e. The summed E-state index contributed by atoms with van der Waals surface area (Å²) in [6.45, 7) is 3.59. The van der Waals surface area contributed by atoms with Crippen molar-refractivity contribution in [1.29, 1.82) is 0 Å². The van der Waals surface area contributed by atoms with Gasteiger partial charge in [0.05, 0.1) is 13.2 Å². The number of anilines is 1. The van der Waals surface area contributed by atoms with E-state index in [1.54, 1.807) is 0 Å². The predicted molar refractivity (Wildman–Crippen MR) is 75.5 cm³/mol. The molecule has 6 nitrogen and oxygen atoms in total. The zero-order chi connectivity index (χ0) is 13.8. The molecule has 0 amide bonds. The van der Waals surface area contributed by atoms with Gasteiger partial charge in [-0.2, -0.15) is 4.98 Å². The van der Waals surface area contributed by atoms with Crippen molar-refractivity contribution in [2.45, 2.75) is 6.42 Å². The van der Waals surface area contributed by atoms with Gasteiger partial charge in [0.2, 0.25) is 0 Å². The normalized spacial score (nSPS) is 15.6. The lowest BCUT2D eigenvalue weighted by Gasteiger charge is -2.24. The number of hydrogen-bond acceptors (Lipinski definition) is 6. The first-order chi connectivity index (χ1) is 9.88. The molecule has 0 aliphatic carbocycles. The molecular formula is C14H18N4O2. The molecule has 1 aliphatic rings. The molecule has 0 spiro atoms. The van der Waals surface area contributed by atoms with Crippen molar-refractivity contribution >= 4 is 5.95 Å². The molecule has 0 unspecified atom stereocenters. The molecule has 1 aromatic carbocycles. The van der Waals surface area contributed by atoms with Gasteiger partial charge in [-0.1, -0.05) is 18.2 Å². The average molecular weight is 274 g/mol. The highest BCUT2D eigenvalue weighted by molar-refractivity contribution is 5.59. The standard InChI is InChI=1S/C14H18N4O2/c15-6-5-11-3-1-2-4-12(11)13-16-14(17-20-13)18-7-9-19-10-8-18/h1-4H,5-10,15H2. The van der Waals surface area contributed by atoms with Crippen LogP contribution in [-0.2, 0) is 11.2 Å². The molecule has 0 saturated carbocycles. The van der Waals surface area contributed by atoms with Gasteiger partial charge in [-0.3, -0.25) is 0 Å². The van der Waals surface area contributed by atoms with Gasteiger partial charge in [-0.15, -0.1) is 0 Å². The summed E-state index contributed by atoms with van der Waals surface area (Å²) < 4.78 is 10.7. The molecule has 106 valence electrons. The topological polar surface area (TPSA) is 77.4 Å². The van der Waals surface area contributed by atoms with Gasteiger partial charge in [0, 0.05) is 18.7 Å². The Labute approximate surface area is 117 Å². The summed E-state index contributed by atoms with van der Waals surface area (Å²) in [7, 11) is 0. The Morgan fingerprint density at radius 3 is 2.80 bits per heavy atom. The Morgan fingerprint density at radius 2 is 2.00 bits per heavy atom. The third-order valence-corrected chi connectivity index (χ3v) is 3.37. The van der Waals surface area contributed by atoms with Gasteiger partial charge in [0.25, 0.3) is 11.8 Å². The van der Waals surface area contributed by atoms with E-state index in [2.05, 4.69) is 15.0 Å². The molecule has 0 atom stereocenters. The van der Waals surface area contributed by atoms with Crippen molar-refractivity contribution in [3.63, 3.8) is 0 Å². The van der Waals surface area contributed by atoms with Crippen LogP contribution in [0.2, 0.25) is 0 Å². The predicted octanol–water partition coefficient (Wildman–Crippen LogP) is 1.07. The SMILES string of the molecule is NCCc1ccccc1-c1nc(N2CCOCC2)no1. The maximum atomic E-state index is 5.64. The Morgan fingerprint density at radius 1 is 1.20 bits per heavy atom. The van der Waals surface area contributed by atoms with Crippen molar-refractivity contribution in [2.24, 2.45) is 5.73 Å². The van der Waals surface area contributed by atoms with Crippen LogP contribution in [0.4, 0.5) is 5.95 Å². The summed E-state index contributed by atoms with van der Waals surface area (Å²) in [5.74, 6) is 1.18. The first-order valence-electron chi connectivity index (χ1n) is 6.83. The molecule has 20 heavy (non-hydrogen) atoms. The molecule has 6 heteroatoms. The van der Waals surface area contributed by atoms with E-state index in [0.717, 1.165) is 30.6 Å². The van der Waals surface area contributed by atoms with E-state index in [-0.39, 0.29) is 0 Å². The van der Waals surface area contributed by atoms with Gasteiger partial charge in [0.1, 0.15) is 0 Å². The second-order valence-corrected chi connectivity index (χ2v) is 4.69. The molecule has 2 N–H and O–H groups in total. The summed E-state index contributed by atoms with van der Waals surface area (Å²) in [5.41, 5.74) is 7.74. The molecule has 0 radical (unpaired) electrons. The molecule has 2 heterocycles. The number of morpholine rings is 1. The Bertz CT molecular complexity index is 564. The van der Waals surface area contributed by atoms with Crippen LogP contribution in [-0.4, -0.2) is 43.0 Å². The number of benzene rings is 1. The summed E-state index contributed by atoms with van der Waals surface area (Å²) in [6.07, 6.45) is 0.797. The lowest BCUT2D eigenvalue weighted by molar-refractivity contribution is 0.121. The fourth-order valence-electron chi connectivity index (χ4n) is 2.32. The van der Waals surface area contributed by atoms with E-state index in [0.29, 0.717) is 31.6 Å². The molecule has 3 rings (SSSR count). The van der Waals surface area contributed by atoms with E-state index >= 15 is 0 Å². The fourth-order valence-corrected chi connectivity index (χ4v) is 2.32. The number of ether oxygens (including phenoxy) is 1. The summed E-state index contributed by atoms with van der Waals surface area (Å²) >= 11 is 0. The van der Waals surface area contributed by atoms with E-state index < -0.39 is 0 Å². The summed E-state index contributed by atoms with van der Waals surface area (Å²) in [4.78, 5) is 6.57. The zero-order valence-electron chi connectivity index (χ0n) is 11.3. The van der Waals surface area contributed by atoms with Crippen LogP contribution in [0.25, 0.3) is 11.5 Å². The van der Waals surface area contributed by atoms with Gasteiger partial charge in [-0.05, 0) is 29.8 Å². The van der Waals surface area contributed by atoms with Crippen molar-refractivity contribution in [2.75, 3.05) is 37.7 Å². The highest BCUT2D eigenvalue weighted by Crippen LogP contribution is 2.24. The highest BCUT2D eigenvalue weighted by atomic mass is 16.5. The van der Waals surface area contributed by atoms with E-state index in [1.807, 2.05) is 24.3 Å². The van der Waals surface area contributed by atoms with Gasteiger partial charge in [-0.25, -0.2) is 0 Å². The molecule has 1 aromatic heterocycles. The number of nitrogens with two attached hydrogens (primary N) is 1. The molecule has 1 saturated heterocycles. The first kappa shape index (κ1) is 13.1. The minimum atomic E-state index is 0.551. The Hall–Kier alpha value is -1.92. The van der Waals surface area contributed by atoms with Gasteiger partial charge >= 0.3 is 0 Å². The lowest BCUT2D eigenvalue weighted by atomic mass is 10.0. The molecular weight excluding hydrogens is 256 g/mol. The molecule has 2 aromatic rings. The third-order valence-electron chi connectivity index (χ3n) is 3.37. The van der Waals surface area contributed by atoms with Crippen molar-refractivity contribution in [1.82, 2.24) is 10.1 Å². The van der Waals surface area contributed by atoms with E-state index in [1.165, 1.54) is 0 Å². The number of hydrogen-bond donors (Lipinski definition) is 1. The largest absolute Gasteiger partial charge is 0.378 e. The van der Waals surface area contributed by atoms with Crippen LogP contribution in [0.3, 0.4) is 0 Å². The third kappa shape index (κ3) is 2.66. The summed E-state index contributed by atoms with van der Waals surface area (Å²) in [5, 5.41) is 4.07. The van der Waals surface area contributed by atoms with Crippen LogP contribution >= 0.6 is 0 Å². The van der Waals surface area contributed by atoms with Crippen LogP contribution in [0.1, 0.15) is 5.56 Å². The van der Waals surface area contributed by atoms with E-state index in [4.69, 9.17) is 15.0 Å². The summed E-state index contributed by atoms with van der Waals surface area (Å²) in [6, 6.07) is 7.99. The smallest absolute Gasteiger partial charge is 0.266 e. The first-order valence-corrected chi connectivity index (χ1v) is 6.83. The monoisotopic (exact) mass is 274 g/mol. The maximum absolute atomic E-state index is 5.64. The van der Waals surface area contributed by atoms with Crippen molar-refractivity contribution < 1.29 is 9.26 Å². The number of rotatable bonds is 4. The second-order valence-electron chi connectivity index (χ2n) is 4.69.